The van der Waals surface area contributed by atoms with Crippen molar-refractivity contribution in [1.29, 1.82) is 0 Å². The van der Waals surface area contributed by atoms with E-state index in [-0.39, 0.29) is 18.7 Å². The molecule has 0 unspecified atom stereocenters. The van der Waals surface area contributed by atoms with E-state index in [2.05, 4.69) is 5.32 Å². The summed E-state index contributed by atoms with van der Waals surface area (Å²) in [4.78, 5) is 37.5. The average molecular weight is 421 g/mol. The second-order valence-corrected chi connectivity index (χ2v) is 6.58. The number of likely N-dealkylation sites (N-methyl/N-ethyl adjacent to an activating group) is 1. The lowest BCUT2D eigenvalue weighted by Gasteiger charge is -2.18. The number of nitrogens with zero attached hydrogens (tertiary/aromatic N) is 2. The van der Waals surface area contributed by atoms with Gasteiger partial charge in [0.25, 0.3) is 0 Å². The highest BCUT2D eigenvalue weighted by atomic mass is 19.4. The molecule has 3 rings (SSSR count). The van der Waals surface area contributed by atoms with Crippen molar-refractivity contribution in [2.45, 2.75) is 19.1 Å². The largest absolute Gasteiger partial charge is 0.419 e. The summed E-state index contributed by atoms with van der Waals surface area (Å²) in [5, 5.41) is 2.18. The Morgan fingerprint density at radius 1 is 1.10 bits per heavy atom. The van der Waals surface area contributed by atoms with Crippen LogP contribution in [0.4, 0.5) is 18.9 Å². The van der Waals surface area contributed by atoms with Gasteiger partial charge in [-0.15, -0.1) is 0 Å². The number of carbonyl (C=O) groups is 2. The van der Waals surface area contributed by atoms with E-state index in [1.165, 1.54) is 23.7 Å². The van der Waals surface area contributed by atoms with Crippen LogP contribution in [0.15, 0.2) is 57.7 Å². The number of aromatic nitrogens is 1. The predicted octanol–water partition coefficient (Wildman–Crippen LogP) is 3.10. The number of anilines is 1. The van der Waals surface area contributed by atoms with Gasteiger partial charge in [-0.3, -0.25) is 14.2 Å². The van der Waals surface area contributed by atoms with Gasteiger partial charge in [-0.25, -0.2) is 4.79 Å². The van der Waals surface area contributed by atoms with Crippen LogP contribution in [-0.4, -0.2) is 34.9 Å². The summed E-state index contributed by atoms with van der Waals surface area (Å²) in [7, 11) is 1.35. The molecule has 158 valence electrons. The van der Waals surface area contributed by atoms with Crippen LogP contribution in [-0.2, 0) is 22.3 Å². The van der Waals surface area contributed by atoms with Crippen LogP contribution < -0.4 is 11.1 Å². The zero-order valence-corrected chi connectivity index (χ0v) is 15.9. The minimum Gasteiger partial charge on any atom is -0.408 e. The van der Waals surface area contributed by atoms with Crippen molar-refractivity contribution in [3.05, 3.63) is 64.6 Å². The van der Waals surface area contributed by atoms with E-state index < -0.39 is 35.9 Å². The third-order valence-electron chi connectivity index (χ3n) is 4.44. The van der Waals surface area contributed by atoms with Crippen LogP contribution in [0.25, 0.3) is 11.1 Å². The number of rotatable bonds is 6. The number of oxazole rings is 1. The molecule has 1 heterocycles. The molecule has 1 N–H and O–H groups in total. The zero-order valence-electron chi connectivity index (χ0n) is 15.9. The maximum Gasteiger partial charge on any atom is 0.419 e. The molecule has 0 saturated carbocycles. The molecule has 0 spiro atoms. The van der Waals surface area contributed by atoms with Crippen LogP contribution >= 0.6 is 0 Å². The number of alkyl halides is 3. The molecule has 3 aromatic rings. The lowest BCUT2D eigenvalue weighted by molar-refractivity contribution is -0.137. The first-order chi connectivity index (χ1) is 14.2. The van der Waals surface area contributed by atoms with Crippen LogP contribution in [0.2, 0.25) is 0 Å². The van der Waals surface area contributed by atoms with E-state index >= 15 is 0 Å². The van der Waals surface area contributed by atoms with Crippen molar-refractivity contribution in [3.63, 3.8) is 0 Å². The van der Waals surface area contributed by atoms with Gasteiger partial charge in [-0.05, 0) is 24.3 Å². The number of nitrogens with one attached hydrogen (secondary N) is 1. The second kappa shape index (κ2) is 8.44. The van der Waals surface area contributed by atoms with Crippen molar-refractivity contribution in [1.82, 2.24) is 9.47 Å². The van der Waals surface area contributed by atoms with Crippen LogP contribution in [0.1, 0.15) is 12.0 Å². The maximum atomic E-state index is 13.0. The Morgan fingerprint density at radius 3 is 2.50 bits per heavy atom. The van der Waals surface area contributed by atoms with Crippen LogP contribution in [0.3, 0.4) is 0 Å². The standard InChI is InChI=1S/C20H18F3N3O4/c1-25(12-17(27)24-14-7-3-2-6-13(14)20(21,22)23)18(28)10-11-26-15-8-4-5-9-16(15)30-19(26)29/h2-9H,10-12H2,1H3,(H,24,27). The van der Waals surface area contributed by atoms with Gasteiger partial charge in [-0.1, -0.05) is 24.3 Å². The smallest absolute Gasteiger partial charge is 0.408 e. The fraction of sp³-hybridized carbons (Fsp3) is 0.250. The molecule has 0 bridgehead atoms. The van der Waals surface area contributed by atoms with E-state index in [9.17, 15) is 27.6 Å². The first-order valence-electron chi connectivity index (χ1n) is 8.95. The summed E-state index contributed by atoms with van der Waals surface area (Å²) in [6.07, 6.45) is -4.71. The van der Waals surface area contributed by atoms with Crippen molar-refractivity contribution in [2.75, 3.05) is 18.9 Å². The average Bonchev–Trinajstić information content (AvgIpc) is 3.00. The number of hydrogen-bond donors (Lipinski definition) is 1. The topological polar surface area (TPSA) is 84.5 Å². The number of carbonyl (C=O) groups excluding carboxylic acids is 2. The normalized spacial score (nSPS) is 11.5. The molecule has 7 nitrogen and oxygen atoms in total. The minimum atomic E-state index is -4.62. The number of para-hydroxylation sites is 3. The minimum absolute atomic E-state index is 0.0392. The van der Waals surface area contributed by atoms with Crippen LogP contribution in [0.5, 0.6) is 0 Å². The number of benzene rings is 2. The fourth-order valence-electron chi connectivity index (χ4n) is 2.96. The third-order valence-corrected chi connectivity index (χ3v) is 4.44. The van der Waals surface area contributed by atoms with E-state index in [0.717, 1.165) is 17.0 Å². The first kappa shape index (κ1) is 21.2. The number of halogens is 3. The predicted molar refractivity (Wildman–Crippen MR) is 103 cm³/mol. The van der Waals surface area contributed by atoms with E-state index in [0.29, 0.717) is 11.1 Å². The lowest BCUT2D eigenvalue weighted by Crippen LogP contribution is -2.36. The second-order valence-electron chi connectivity index (χ2n) is 6.58. The van der Waals surface area contributed by atoms with Gasteiger partial charge in [0, 0.05) is 20.0 Å². The van der Waals surface area contributed by atoms with Crippen molar-refractivity contribution in [2.24, 2.45) is 0 Å². The number of amides is 2. The van der Waals surface area contributed by atoms with Gasteiger partial charge in [0.2, 0.25) is 11.8 Å². The van der Waals surface area contributed by atoms with Crippen molar-refractivity contribution < 1.29 is 27.2 Å². The molecule has 0 atom stereocenters. The van der Waals surface area contributed by atoms with Gasteiger partial charge < -0.3 is 14.6 Å². The molecule has 0 saturated heterocycles. The van der Waals surface area contributed by atoms with Gasteiger partial charge in [0.15, 0.2) is 5.58 Å². The highest BCUT2D eigenvalue weighted by molar-refractivity contribution is 5.95. The molecule has 30 heavy (non-hydrogen) atoms. The van der Waals surface area contributed by atoms with Gasteiger partial charge in [-0.2, -0.15) is 13.2 Å². The summed E-state index contributed by atoms with van der Waals surface area (Å²) in [6, 6.07) is 11.3. The molecule has 1 aromatic heterocycles. The summed E-state index contributed by atoms with van der Waals surface area (Å²) < 4.78 is 45.4. The molecular formula is C20H18F3N3O4. The summed E-state index contributed by atoms with van der Waals surface area (Å²) >= 11 is 0. The third kappa shape index (κ3) is 4.70. The molecular weight excluding hydrogens is 403 g/mol. The molecule has 10 heteroatoms. The Bertz CT molecular complexity index is 1130. The van der Waals surface area contributed by atoms with Crippen molar-refractivity contribution in [3.8, 4) is 0 Å². The van der Waals surface area contributed by atoms with E-state index in [1.807, 2.05) is 0 Å². The number of fused-ring (bicyclic) bond motifs is 1. The molecule has 0 fully saturated rings. The molecule has 2 amide bonds. The lowest BCUT2D eigenvalue weighted by atomic mass is 10.1. The van der Waals surface area contributed by atoms with Crippen LogP contribution in [0, 0.1) is 0 Å². The fourth-order valence-corrected chi connectivity index (χ4v) is 2.96. The first-order valence-corrected chi connectivity index (χ1v) is 8.95. The quantitative estimate of drug-likeness (QED) is 0.663. The monoisotopic (exact) mass is 421 g/mol. The maximum absolute atomic E-state index is 13.0. The SMILES string of the molecule is CN(CC(=O)Nc1ccccc1C(F)(F)F)C(=O)CCn1c(=O)oc2ccccc21. The van der Waals surface area contributed by atoms with E-state index in [4.69, 9.17) is 4.42 Å². The molecule has 0 radical (unpaired) electrons. The molecule has 0 aliphatic carbocycles. The van der Waals surface area contributed by atoms with Gasteiger partial charge in [0.05, 0.1) is 23.3 Å². The highest BCUT2D eigenvalue weighted by Gasteiger charge is 2.33. The Labute approximate surface area is 168 Å². The summed E-state index contributed by atoms with van der Waals surface area (Å²) in [5.74, 6) is -1.83. The summed E-state index contributed by atoms with van der Waals surface area (Å²) in [6.45, 7) is -0.399. The van der Waals surface area contributed by atoms with Gasteiger partial charge in [0.1, 0.15) is 0 Å². The van der Waals surface area contributed by atoms with Crippen molar-refractivity contribution >= 4 is 28.6 Å². The molecule has 2 aromatic carbocycles. The highest BCUT2D eigenvalue weighted by Crippen LogP contribution is 2.34. The molecule has 0 aliphatic rings. The Hall–Kier alpha value is -3.56. The molecule has 0 aliphatic heterocycles. The number of aryl methyl sites for hydroxylation is 1. The van der Waals surface area contributed by atoms with Gasteiger partial charge >= 0.3 is 11.9 Å². The Kier molecular flexibility index (Phi) is 5.95. The number of hydrogen-bond acceptors (Lipinski definition) is 4. The van der Waals surface area contributed by atoms with E-state index in [1.54, 1.807) is 24.3 Å². The summed E-state index contributed by atoms with van der Waals surface area (Å²) in [5.41, 5.74) is -0.420. The zero-order chi connectivity index (χ0) is 21.9. The Morgan fingerprint density at radius 2 is 1.77 bits per heavy atom. The Balaban J connectivity index is 1.60.